The Labute approximate surface area is 124 Å². The molecule has 114 valence electrons. The van der Waals surface area contributed by atoms with Gasteiger partial charge < -0.3 is 10.1 Å². The maximum absolute atomic E-state index is 13.9. The molecule has 22 heavy (non-hydrogen) atoms. The summed E-state index contributed by atoms with van der Waals surface area (Å²) < 4.78 is 33.0. The second-order valence-corrected chi connectivity index (χ2v) is 4.91. The molecule has 0 aromatic heterocycles. The summed E-state index contributed by atoms with van der Waals surface area (Å²) in [6.45, 7) is 0.306. The fourth-order valence-corrected chi connectivity index (χ4v) is 2.46. The van der Waals surface area contributed by atoms with Gasteiger partial charge in [-0.2, -0.15) is 0 Å². The average molecular weight is 306 g/mol. The molecule has 0 bridgehead atoms. The monoisotopic (exact) mass is 306 g/mol. The number of non-ortho nitro benzene ring substituents is 1. The van der Waals surface area contributed by atoms with Crippen LogP contribution in [0.4, 0.5) is 20.2 Å². The molecule has 0 unspecified atom stereocenters. The maximum Gasteiger partial charge on any atom is 0.272 e. The van der Waals surface area contributed by atoms with Gasteiger partial charge in [-0.25, -0.2) is 8.78 Å². The Balaban J connectivity index is 1.89. The van der Waals surface area contributed by atoms with Gasteiger partial charge in [0.1, 0.15) is 0 Å². The van der Waals surface area contributed by atoms with Crippen molar-refractivity contribution in [3.63, 3.8) is 0 Å². The zero-order valence-corrected chi connectivity index (χ0v) is 11.4. The molecule has 1 N–H and O–H groups in total. The number of nitrogens with one attached hydrogen (secondary N) is 1. The highest BCUT2D eigenvalue weighted by molar-refractivity contribution is 5.53. The SMILES string of the molecule is O=[N+]([O-])c1ccc(N[C@H]2CCOc3c(F)cccc32)c(F)c1. The highest BCUT2D eigenvalue weighted by atomic mass is 19.1. The minimum Gasteiger partial charge on any atom is -0.490 e. The van der Waals surface area contributed by atoms with Crippen molar-refractivity contribution in [3.8, 4) is 5.75 Å². The van der Waals surface area contributed by atoms with Crippen molar-refractivity contribution in [2.45, 2.75) is 12.5 Å². The summed E-state index contributed by atoms with van der Waals surface area (Å²) in [4.78, 5) is 9.96. The van der Waals surface area contributed by atoms with Gasteiger partial charge >= 0.3 is 0 Å². The molecule has 0 radical (unpaired) electrons. The molecule has 1 aliphatic heterocycles. The van der Waals surface area contributed by atoms with Crippen LogP contribution in [0, 0.1) is 21.7 Å². The van der Waals surface area contributed by atoms with Gasteiger partial charge in [0.2, 0.25) is 0 Å². The second-order valence-electron chi connectivity index (χ2n) is 4.91. The number of fused-ring (bicyclic) bond motifs is 1. The van der Waals surface area contributed by atoms with Gasteiger partial charge in [-0.15, -0.1) is 0 Å². The Kier molecular flexibility index (Phi) is 3.62. The number of hydrogen-bond donors (Lipinski definition) is 1. The number of rotatable bonds is 3. The zero-order chi connectivity index (χ0) is 15.7. The van der Waals surface area contributed by atoms with E-state index < -0.39 is 16.6 Å². The van der Waals surface area contributed by atoms with Gasteiger partial charge in [-0.1, -0.05) is 12.1 Å². The smallest absolute Gasteiger partial charge is 0.272 e. The molecule has 3 rings (SSSR count). The number of nitro benzene ring substituents is 1. The lowest BCUT2D eigenvalue weighted by atomic mass is 10.00. The van der Waals surface area contributed by atoms with E-state index in [9.17, 15) is 18.9 Å². The minimum absolute atomic E-state index is 0.132. The van der Waals surface area contributed by atoms with Crippen molar-refractivity contribution in [2.24, 2.45) is 0 Å². The first kappa shape index (κ1) is 14.2. The predicted octanol–water partition coefficient (Wildman–Crippen LogP) is 3.81. The molecule has 1 aliphatic rings. The van der Waals surface area contributed by atoms with Crippen molar-refractivity contribution in [1.82, 2.24) is 0 Å². The topological polar surface area (TPSA) is 64.4 Å². The summed E-state index contributed by atoms with van der Waals surface area (Å²) >= 11 is 0. The van der Waals surface area contributed by atoms with E-state index in [0.29, 0.717) is 18.6 Å². The van der Waals surface area contributed by atoms with Crippen molar-refractivity contribution in [1.29, 1.82) is 0 Å². The molecular weight excluding hydrogens is 294 g/mol. The number of para-hydroxylation sites is 1. The van der Waals surface area contributed by atoms with Crippen LogP contribution in [0.1, 0.15) is 18.0 Å². The lowest BCUT2D eigenvalue weighted by Gasteiger charge is -2.27. The predicted molar refractivity (Wildman–Crippen MR) is 75.9 cm³/mol. The number of nitro groups is 1. The molecule has 0 fully saturated rings. The fraction of sp³-hybridized carbons (Fsp3) is 0.200. The van der Waals surface area contributed by atoms with E-state index in [0.717, 1.165) is 6.07 Å². The third-order valence-electron chi connectivity index (χ3n) is 3.52. The molecule has 2 aromatic rings. The Morgan fingerprint density at radius 3 is 2.77 bits per heavy atom. The number of ether oxygens (including phenoxy) is 1. The quantitative estimate of drug-likeness (QED) is 0.692. The highest BCUT2D eigenvalue weighted by Gasteiger charge is 2.25. The summed E-state index contributed by atoms with van der Waals surface area (Å²) in [7, 11) is 0. The Hall–Kier alpha value is -2.70. The average Bonchev–Trinajstić information content (AvgIpc) is 2.50. The molecule has 0 saturated carbocycles. The van der Waals surface area contributed by atoms with Crippen LogP contribution in [0.25, 0.3) is 0 Å². The third kappa shape index (κ3) is 2.57. The fourth-order valence-electron chi connectivity index (χ4n) is 2.46. The van der Waals surface area contributed by atoms with Crippen molar-refractivity contribution in [3.05, 3.63) is 63.7 Å². The highest BCUT2D eigenvalue weighted by Crippen LogP contribution is 2.36. The maximum atomic E-state index is 13.9. The number of anilines is 1. The van der Waals surface area contributed by atoms with E-state index in [-0.39, 0.29) is 23.2 Å². The zero-order valence-electron chi connectivity index (χ0n) is 11.4. The van der Waals surface area contributed by atoms with Gasteiger partial charge in [0.15, 0.2) is 17.4 Å². The van der Waals surface area contributed by atoms with Crippen LogP contribution in [0.2, 0.25) is 0 Å². The van der Waals surface area contributed by atoms with E-state index >= 15 is 0 Å². The number of hydrogen-bond acceptors (Lipinski definition) is 4. The summed E-state index contributed by atoms with van der Waals surface area (Å²) in [6.07, 6.45) is 0.535. The van der Waals surface area contributed by atoms with Crippen molar-refractivity contribution < 1.29 is 18.4 Å². The van der Waals surface area contributed by atoms with Gasteiger partial charge in [0, 0.05) is 18.1 Å². The molecule has 0 amide bonds. The standard InChI is InChI=1S/C15H12F2N2O3/c16-11-3-1-2-10-13(6-7-22-15(10)11)18-14-5-4-9(19(20)21)8-12(14)17/h1-5,8,13,18H,6-7H2/t13-/m0/s1. The Morgan fingerprint density at radius 1 is 1.23 bits per heavy atom. The molecule has 2 aromatic carbocycles. The Bertz CT molecular complexity index is 737. The van der Waals surface area contributed by atoms with Crippen LogP contribution < -0.4 is 10.1 Å². The summed E-state index contributed by atoms with van der Waals surface area (Å²) in [5.74, 6) is -1.03. The van der Waals surface area contributed by atoms with Gasteiger partial charge in [0.25, 0.3) is 5.69 Å². The largest absolute Gasteiger partial charge is 0.490 e. The number of benzene rings is 2. The Morgan fingerprint density at radius 2 is 2.05 bits per heavy atom. The van der Waals surface area contributed by atoms with Crippen LogP contribution in [0.3, 0.4) is 0 Å². The number of nitrogens with zero attached hydrogens (tertiary/aromatic N) is 1. The summed E-state index contributed by atoms with van der Waals surface area (Å²) in [5, 5.41) is 13.6. The van der Waals surface area contributed by atoms with E-state index in [4.69, 9.17) is 4.74 Å². The van der Waals surface area contributed by atoms with Crippen molar-refractivity contribution >= 4 is 11.4 Å². The molecule has 7 heteroatoms. The van der Waals surface area contributed by atoms with E-state index in [1.165, 1.54) is 18.2 Å². The van der Waals surface area contributed by atoms with Crippen LogP contribution in [0.5, 0.6) is 5.75 Å². The minimum atomic E-state index is -0.723. The second kappa shape index (κ2) is 5.59. The van der Waals surface area contributed by atoms with E-state index in [2.05, 4.69) is 5.32 Å². The number of halogens is 2. The lowest BCUT2D eigenvalue weighted by molar-refractivity contribution is -0.385. The third-order valence-corrected chi connectivity index (χ3v) is 3.52. The molecular formula is C15H12F2N2O3. The van der Waals surface area contributed by atoms with Crippen molar-refractivity contribution in [2.75, 3.05) is 11.9 Å². The van der Waals surface area contributed by atoms with Crippen LogP contribution in [-0.4, -0.2) is 11.5 Å². The molecule has 1 heterocycles. The summed E-state index contributed by atoms with van der Waals surface area (Å²) in [5.41, 5.74) is 0.415. The van der Waals surface area contributed by atoms with Crippen LogP contribution >= 0.6 is 0 Å². The molecule has 0 aliphatic carbocycles. The molecule has 5 nitrogen and oxygen atoms in total. The van der Waals surface area contributed by atoms with E-state index in [1.807, 2.05) is 0 Å². The normalized spacial score (nSPS) is 16.5. The van der Waals surface area contributed by atoms with Crippen LogP contribution in [-0.2, 0) is 0 Å². The van der Waals surface area contributed by atoms with Crippen LogP contribution in [0.15, 0.2) is 36.4 Å². The van der Waals surface area contributed by atoms with Gasteiger partial charge in [-0.3, -0.25) is 10.1 Å². The lowest BCUT2D eigenvalue weighted by Crippen LogP contribution is -2.21. The molecule has 1 atom stereocenters. The molecule has 0 saturated heterocycles. The first-order valence-electron chi connectivity index (χ1n) is 6.68. The van der Waals surface area contributed by atoms with E-state index in [1.54, 1.807) is 12.1 Å². The first-order chi connectivity index (χ1) is 10.6. The summed E-state index contributed by atoms with van der Waals surface area (Å²) in [6, 6.07) is 7.62. The first-order valence-corrected chi connectivity index (χ1v) is 6.68. The van der Waals surface area contributed by atoms with Gasteiger partial charge in [0.05, 0.1) is 29.3 Å². The molecule has 0 spiro atoms. The van der Waals surface area contributed by atoms with Gasteiger partial charge in [-0.05, 0) is 12.1 Å².